The minimum atomic E-state index is -0.236. The highest BCUT2D eigenvalue weighted by Crippen LogP contribution is 2.42. The van der Waals surface area contributed by atoms with Crippen LogP contribution in [0.15, 0.2) is 65.3 Å². The Balaban J connectivity index is 2.32. The third-order valence-electron chi connectivity index (χ3n) is 3.76. The molecule has 1 unspecified atom stereocenters. The van der Waals surface area contributed by atoms with E-state index >= 15 is 0 Å². The lowest BCUT2D eigenvalue weighted by molar-refractivity contribution is 0.917. The molecule has 1 atom stereocenters. The molecule has 1 aromatic carbocycles. The molecular formula is C21H30BrP. The van der Waals surface area contributed by atoms with Gasteiger partial charge >= 0.3 is 0 Å². The Morgan fingerprint density at radius 3 is 2.04 bits per heavy atom. The molecule has 0 saturated carbocycles. The van der Waals surface area contributed by atoms with Crippen molar-refractivity contribution in [2.24, 2.45) is 0 Å². The predicted octanol–water partition coefficient (Wildman–Crippen LogP) is 7.52. The molecule has 0 aliphatic heterocycles. The molecule has 0 spiro atoms. The van der Waals surface area contributed by atoms with Crippen LogP contribution in [0.1, 0.15) is 53.4 Å². The van der Waals surface area contributed by atoms with Gasteiger partial charge < -0.3 is 0 Å². The van der Waals surface area contributed by atoms with Crippen LogP contribution in [0.4, 0.5) is 0 Å². The highest BCUT2D eigenvalue weighted by atomic mass is 79.9. The monoisotopic (exact) mass is 392 g/mol. The molecule has 2 heteroatoms. The van der Waals surface area contributed by atoms with Gasteiger partial charge in [0.05, 0.1) is 0 Å². The maximum absolute atomic E-state index is 3.85. The molecule has 0 nitrogen and oxygen atoms in total. The standard InChI is InChI=1S/C21H30BrP/c1-18(2)10-8-11-19(3)12-9-13-20(4)16-17-23(22)21-14-6-5-7-15-21/h5-7,10,12,14-16H,8-9,11,13,17H2,1-4H3. The van der Waals surface area contributed by atoms with Crippen molar-refractivity contribution in [1.82, 2.24) is 0 Å². The molecule has 0 N–H and O–H groups in total. The Hall–Kier alpha value is -0.650. The highest BCUT2D eigenvalue weighted by molar-refractivity contribution is 9.40. The van der Waals surface area contributed by atoms with Crippen LogP contribution in [0.5, 0.6) is 0 Å². The predicted molar refractivity (Wildman–Crippen MR) is 112 cm³/mol. The fraction of sp³-hybridized carbons (Fsp3) is 0.429. The summed E-state index contributed by atoms with van der Waals surface area (Å²) in [6, 6.07) is 10.7. The van der Waals surface area contributed by atoms with Gasteiger partial charge in [0.25, 0.3) is 0 Å². The molecule has 0 aliphatic rings. The molecule has 0 heterocycles. The minimum absolute atomic E-state index is 0.236. The Morgan fingerprint density at radius 2 is 1.43 bits per heavy atom. The van der Waals surface area contributed by atoms with Gasteiger partial charge in [-0.25, -0.2) is 0 Å². The molecule has 0 bridgehead atoms. The first-order valence-electron chi connectivity index (χ1n) is 8.42. The zero-order valence-corrected chi connectivity index (χ0v) is 17.5. The average molecular weight is 393 g/mol. The van der Waals surface area contributed by atoms with Crippen LogP contribution in [-0.2, 0) is 0 Å². The molecule has 0 amide bonds. The van der Waals surface area contributed by atoms with Gasteiger partial charge in [-0.2, -0.15) is 0 Å². The number of halogens is 1. The molecule has 126 valence electrons. The molecular weight excluding hydrogens is 363 g/mol. The number of rotatable bonds is 9. The van der Waals surface area contributed by atoms with E-state index in [4.69, 9.17) is 0 Å². The second-order valence-corrected chi connectivity index (χ2v) is 10.5. The third kappa shape index (κ3) is 9.95. The quantitative estimate of drug-likeness (QED) is 0.301. The maximum Gasteiger partial charge on any atom is -0.000317 e. The zero-order chi connectivity index (χ0) is 17.1. The van der Waals surface area contributed by atoms with Crippen molar-refractivity contribution in [2.45, 2.75) is 53.4 Å². The summed E-state index contributed by atoms with van der Waals surface area (Å²) in [6.07, 6.45) is 12.9. The van der Waals surface area contributed by atoms with E-state index in [0.29, 0.717) is 0 Å². The van der Waals surface area contributed by atoms with E-state index < -0.39 is 0 Å². The van der Waals surface area contributed by atoms with Crippen LogP contribution in [0.3, 0.4) is 0 Å². The summed E-state index contributed by atoms with van der Waals surface area (Å²) in [5.74, 6) is 0. The minimum Gasteiger partial charge on any atom is -0.0856 e. The van der Waals surface area contributed by atoms with Crippen molar-refractivity contribution in [3.8, 4) is 0 Å². The lowest BCUT2D eigenvalue weighted by Crippen LogP contribution is -1.97. The number of allylic oxidation sites excluding steroid dienone is 6. The highest BCUT2D eigenvalue weighted by Gasteiger charge is 2.04. The van der Waals surface area contributed by atoms with Crippen molar-refractivity contribution in [1.29, 1.82) is 0 Å². The lowest BCUT2D eigenvalue weighted by Gasteiger charge is -2.08. The molecule has 0 fully saturated rings. The summed E-state index contributed by atoms with van der Waals surface area (Å²) in [5.41, 5.74) is 4.44. The summed E-state index contributed by atoms with van der Waals surface area (Å²) >= 11 is 3.85. The van der Waals surface area contributed by atoms with E-state index in [9.17, 15) is 0 Å². The van der Waals surface area contributed by atoms with E-state index in [1.165, 1.54) is 41.3 Å². The molecule has 23 heavy (non-hydrogen) atoms. The van der Waals surface area contributed by atoms with E-state index in [1.54, 1.807) is 0 Å². The lowest BCUT2D eigenvalue weighted by atomic mass is 10.1. The van der Waals surface area contributed by atoms with Crippen molar-refractivity contribution in [3.63, 3.8) is 0 Å². The second-order valence-electron chi connectivity index (χ2n) is 6.34. The first kappa shape index (κ1) is 20.4. The van der Waals surface area contributed by atoms with E-state index in [2.05, 4.69) is 91.7 Å². The average Bonchev–Trinajstić information content (AvgIpc) is 2.53. The second kappa shape index (κ2) is 11.8. The van der Waals surface area contributed by atoms with Crippen molar-refractivity contribution >= 4 is 27.4 Å². The van der Waals surface area contributed by atoms with Gasteiger partial charge in [0, 0.05) is 0 Å². The zero-order valence-electron chi connectivity index (χ0n) is 15.0. The topological polar surface area (TPSA) is 0 Å². The van der Waals surface area contributed by atoms with E-state index in [1.807, 2.05) is 0 Å². The normalized spacial score (nSPS) is 13.8. The summed E-state index contributed by atoms with van der Waals surface area (Å²) in [4.78, 5) is 0. The molecule has 1 rings (SSSR count). The fourth-order valence-corrected chi connectivity index (χ4v) is 4.59. The summed E-state index contributed by atoms with van der Waals surface area (Å²) in [5, 5.41) is 1.42. The van der Waals surface area contributed by atoms with Crippen LogP contribution in [0, 0.1) is 0 Å². The molecule has 0 saturated heterocycles. The molecule has 0 aliphatic carbocycles. The largest absolute Gasteiger partial charge is 0.0856 e. The van der Waals surface area contributed by atoms with Gasteiger partial charge in [-0.15, -0.1) is 0 Å². The van der Waals surface area contributed by atoms with Crippen LogP contribution in [-0.4, -0.2) is 6.16 Å². The summed E-state index contributed by atoms with van der Waals surface area (Å²) in [7, 11) is 0. The van der Waals surface area contributed by atoms with E-state index in [-0.39, 0.29) is 6.62 Å². The smallest absolute Gasteiger partial charge is 0.000317 e. The molecule has 0 radical (unpaired) electrons. The Bertz CT molecular complexity index is 536. The number of hydrogen-bond acceptors (Lipinski definition) is 0. The van der Waals surface area contributed by atoms with Gasteiger partial charge in [-0.1, -0.05) is 80.8 Å². The van der Waals surface area contributed by atoms with Crippen molar-refractivity contribution in [2.75, 3.05) is 6.16 Å². The van der Waals surface area contributed by atoms with Crippen LogP contribution in [0.25, 0.3) is 0 Å². The third-order valence-corrected chi connectivity index (χ3v) is 7.22. The van der Waals surface area contributed by atoms with Gasteiger partial charge in [0.2, 0.25) is 0 Å². The Morgan fingerprint density at radius 1 is 0.870 bits per heavy atom. The SMILES string of the molecule is CC(C)=CCCC(C)=CCCC(C)=CCP(Br)c1ccccc1. The van der Waals surface area contributed by atoms with Crippen LogP contribution < -0.4 is 5.30 Å². The van der Waals surface area contributed by atoms with Crippen LogP contribution in [0.2, 0.25) is 0 Å². The first-order chi connectivity index (χ1) is 11.0. The van der Waals surface area contributed by atoms with Gasteiger partial charge in [-0.3, -0.25) is 0 Å². The summed E-state index contributed by atoms with van der Waals surface area (Å²) in [6.45, 7) is 8.61. The molecule has 1 aromatic rings. The van der Waals surface area contributed by atoms with E-state index in [0.717, 1.165) is 12.6 Å². The molecule has 0 aromatic heterocycles. The number of hydrogen-bond donors (Lipinski definition) is 0. The first-order valence-corrected chi connectivity index (χ1v) is 12.0. The van der Waals surface area contributed by atoms with Crippen molar-refractivity contribution in [3.05, 3.63) is 65.3 Å². The fourth-order valence-electron chi connectivity index (χ4n) is 2.27. The Kier molecular flexibility index (Phi) is 10.5. The van der Waals surface area contributed by atoms with Gasteiger partial charge in [0.15, 0.2) is 0 Å². The van der Waals surface area contributed by atoms with Crippen LogP contribution >= 0.6 is 22.1 Å². The number of benzene rings is 1. The summed E-state index contributed by atoms with van der Waals surface area (Å²) < 4.78 is 0. The van der Waals surface area contributed by atoms with Gasteiger partial charge in [-0.05, 0) is 71.5 Å². The maximum atomic E-state index is 3.85. The van der Waals surface area contributed by atoms with Gasteiger partial charge in [0.1, 0.15) is 0 Å². The van der Waals surface area contributed by atoms with Crippen molar-refractivity contribution < 1.29 is 0 Å². The Labute approximate surface area is 152 Å².